The molecule has 6 nitrogen and oxygen atoms in total. The fourth-order valence-corrected chi connectivity index (χ4v) is 3.57. The second kappa shape index (κ2) is 7.94. The standard InChI is InChI=1S/C19H19ClN4O2S/c1-11-5-7-16(26-4)14(9-11)15-10-27-19(21-15)22-17(25)8-6-13-12(2)23-24(3)18(13)20/h5-10H,1-4H3,(H,21,22,25)/b8-6+. The fraction of sp³-hybridized carbons (Fsp3) is 0.211. The summed E-state index contributed by atoms with van der Waals surface area (Å²) in [5, 5.41) is 9.87. The highest BCUT2D eigenvalue weighted by Gasteiger charge is 2.12. The number of methoxy groups -OCH3 is 1. The van der Waals surface area contributed by atoms with E-state index < -0.39 is 0 Å². The molecule has 140 valence electrons. The predicted molar refractivity (Wildman–Crippen MR) is 109 cm³/mol. The molecular weight excluding hydrogens is 384 g/mol. The number of thiazole rings is 1. The van der Waals surface area contributed by atoms with Gasteiger partial charge < -0.3 is 4.74 Å². The average molecular weight is 403 g/mol. The predicted octanol–water partition coefficient (Wildman–Crippen LogP) is 4.47. The molecular formula is C19H19ClN4O2S. The Morgan fingerprint density at radius 1 is 1.37 bits per heavy atom. The normalized spacial score (nSPS) is 11.1. The first-order valence-electron chi connectivity index (χ1n) is 8.17. The van der Waals surface area contributed by atoms with Crippen LogP contribution in [-0.4, -0.2) is 27.8 Å². The molecule has 0 aliphatic carbocycles. The fourth-order valence-electron chi connectivity index (χ4n) is 2.62. The number of aryl methyl sites for hydroxylation is 3. The third-order valence-electron chi connectivity index (χ3n) is 3.96. The smallest absolute Gasteiger partial charge is 0.250 e. The van der Waals surface area contributed by atoms with Gasteiger partial charge in [-0.3, -0.25) is 14.8 Å². The number of nitrogens with zero attached hydrogens (tertiary/aromatic N) is 3. The van der Waals surface area contributed by atoms with Gasteiger partial charge in [-0.2, -0.15) is 5.10 Å². The summed E-state index contributed by atoms with van der Waals surface area (Å²) in [4.78, 5) is 16.7. The number of ether oxygens (including phenoxy) is 1. The van der Waals surface area contributed by atoms with Gasteiger partial charge in [0.15, 0.2) is 5.13 Å². The van der Waals surface area contributed by atoms with Crippen molar-refractivity contribution in [2.75, 3.05) is 12.4 Å². The molecule has 1 N–H and O–H groups in total. The van der Waals surface area contributed by atoms with Crippen molar-refractivity contribution in [3.05, 3.63) is 51.6 Å². The molecule has 0 unspecified atom stereocenters. The van der Waals surface area contributed by atoms with Crippen molar-refractivity contribution < 1.29 is 9.53 Å². The van der Waals surface area contributed by atoms with E-state index >= 15 is 0 Å². The lowest BCUT2D eigenvalue weighted by molar-refractivity contribution is -0.111. The van der Waals surface area contributed by atoms with Gasteiger partial charge in [-0.05, 0) is 32.1 Å². The van der Waals surface area contributed by atoms with Crippen molar-refractivity contribution in [3.8, 4) is 17.0 Å². The van der Waals surface area contributed by atoms with Crippen molar-refractivity contribution in [2.45, 2.75) is 13.8 Å². The van der Waals surface area contributed by atoms with E-state index in [1.54, 1.807) is 24.9 Å². The first-order chi connectivity index (χ1) is 12.9. The van der Waals surface area contributed by atoms with Gasteiger partial charge >= 0.3 is 0 Å². The molecule has 27 heavy (non-hydrogen) atoms. The Bertz CT molecular complexity index is 1020. The van der Waals surface area contributed by atoms with Gasteiger partial charge in [0.05, 0.1) is 18.5 Å². The molecule has 3 rings (SSSR count). The molecule has 0 saturated carbocycles. The summed E-state index contributed by atoms with van der Waals surface area (Å²) in [6, 6.07) is 5.89. The van der Waals surface area contributed by atoms with E-state index in [-0.39, 0.29) is 5.91 Å². The van der Waals surface area contributed by atoms with Crippen LogP contribution in [0.2, 0.25) is 5.15 Å². The SMILES string of the molecule is COc1ccc(C)cc1-c1csc(NC(=O)/C=C/c2c(C)nn(C)c2Cl)n1. The summed E-state index contributed by atoms with van der Waals surface area (Å²) >= 11 is 7.52. The molecule has 1 amide bonds. The number of rotatable bonds is 5. The Morgan fingerprint density at radius 3 is 2.81 bits per heavy atom. The van der Waals surface area contributed by atoms with Crippen molar-refractivity contribution in [1.29, 1.82) is 0 Å². The van der Waals surface area contributed by atoms with Gasteiger partial charge in [0.1, 0.15) is 10.9 Å². The van der Waals surface area contributed by atoms with Crippen molar-refractivity contribution in [2.24, 2.45) is 7.05 Å². The summed E-state index contributed by atoms with van der Waals surface area (Å²) in [6.45, 7) is 3.85. The molecule has 0 aliphatic heterocycles. The maximum Gasteiger partial charge on any atom is 0.250 e. The maximum absolute atomic E-state index is 12.2. The minimum atomic E-state index is -0.286. The average Bonchev–Trinajstić information content (AvgIpc) is 3.18. The van der Waals surface area contributed by atoms with Gasteiger partial charge in [0.2, 0.25) is 5.91 Å². The lowest BCUT2D eigenvalue weighted by Crippen LogP contribution is -2.07. The van der Waals surface area contributed by atoms with Gasteiger partial charge in [-0.15, -0.1) is 11.3 Å². The highest BCUT2D eigenvalue weighted by Crippen LogP contribution is 2.33. The van der Waals surface area contributed by atoms with Crippen LogP contribution in [0.1, 0.15) is 16.8 Å². The zero-order valence-corrected chi connectivity index (χ0v) is 17.0. The van der Waals surface area contributed by atoms with Crippen molar-refractivity contribution in [1.82, 2.24) is 14.8 Å². The number of anilines is 1. The van der Waals surface area contributed by atoms with E-state index in [9.17, 15) is 4.79 Å². The van der Waals surface area contributed by atoms with E-state index in [1.165, 1.54) is 17.4 Å². The van der Waals surface area contributed by atoms with Crippen LogP contribution < -0.4 is 10.1 Å². The third-order valence-corrected chi connectivity index (χ3v) is 5.17. The second-order valence-corrected chi connectivity index (χ2v) is 7.19. The zero-order valence-electron chi connectivity index (χ0n) is 15.4. The van der Waals surface area contributed by atoms with Gasteiger partial charge in [0, 0.05) is 29.6 Å². The number of hydrogen-bond donors (Lipinski definition) is 1. The van der Waals surface area contributed by atoms with E-state index in [1.807, 2.05) is 37.4 Å². The third kappa shape index (κ3) is 4.20. The molecule has 0 fully saturated rings. The van der Waals surface area contributed by atoms with Crippen molar-refractivity contribution >= 4 is 40.1 Å². The molecule has 0 saturated heterocycles. The lowest BCUT2D eigenvalue weighted by Gasteiger charge is -2.07. The van der Waals surface area contributed by atoms with Crippen LogP contribution in [0, 0.1) is 13.8 Å². The summed E-state index contributed by atoms with van der Waals surface area (Å²) in [5.41, 5.74) is 4.23. The molecule has 1 aromatic carbocycles. The molecule has 2 heterocycles. The minimum absolute atomic E-state index is 0.286. The quantitative estimate of drug-likeness (QED) is 0.639. The summed E-state index contributed by atoms with van der Waals surface area (Å²) < 4.78 is 6.97. The first-order valence-corrected chi connectivity index (χ1v) is 9.43. The number of aromatic nitrogens is 3. The first kappa shape index (κ1) is 19.1. The number of carbonyl (C=O) groups is 1. The summed E-state index contributed by atoms with van der Waals surface area (Å²) in [6.07, 6.45) is 3.07. The lowest BCUT2D eigenvalue weighted by atomic mass is 10.1. The van der Waals surface area contributed by atoms with Crippen LogP contribution >= 0.6 is 22.9 Å². The van der Waals surface area contributed by atoms with E-state index in [2.05, 4.69) is 15.4 Å². The van der Waals surface area contributed by atoms with Crippen LogP contribution in [-0.2, 0) is 11.8 Å². The Labute approximate surface area is 166 Å². The van der Waals surface area contributed by atoms with E-state index in [4.69, 9.17) is 16.3 Å². The monoisotopic (exact) mass is 402 g/mol. The zero-order chi connectivity index (χ0) is 19.6. The van der Waals surface area contributed by atoms with Crippen LogP contribution in [0.25, 0.3) is 17.3 Å². The Balaban J connectivity index is 1.75. The van der Waals surface area contributed by atoms with Crippen LogP contribution in [0.4, 0.5) is 5.13 Å². The maximum atomic E-state index is 12.2. The van der Waals surface area contributed by atoms with Gasteiger partial charge in [-0.1, -0.05) is 23.2 Å². The van der Waals surface area contributed by atoms with Crippen LogP contribution in [0.15, 0.2) is 29.7 Å². The summed E-state index contributed by atoms with van der Waals surface area (Å²) in [5.74, 6) is 0.455. The molecule has 0 bridgehead atoms. The van der Waals surface area contributed by atoms with Gasteiger partial charge in [0.25, 0.3) is 0 Å². The Kier molecular flexibility index (Phi) is 5.62. The number of amides is 1. The molecule has 0 radical (unpaired) electrons. The second-order valence-electron chi connectivity index (χ2n) is 5.98. The van der Waals surface area contributed by atoms with Crippen LogP contribution in [0.5, 0.6) is 5.75 Å². The largest absolute Gasteiger partial charge is 0.496 e. The molecule has 8 heteroatoms. The highest BCUT2D eigenvalue weighted by molar-refractivity contribution is 7.14. The van der Waals surface area contributed by atoms with Gasteiger partial charge in [-0.25, -0.2) is 4.98 Å². The van der Waals surface area contributed by atoms with Crippen LogP contribution in [0.3, 0.4) is 0 Å². The molecule has 0 atom stereocenters. The Hall–Kier alpha value is -2.64. The minimum Gasteiger partial charge on any atom is -0.496 e. The number of carbonyl (C=O) groups excluding carboxylic acids is 1. The number of halogens is 1. The Morgan fingerprint density at radius 2 is 2.15 bits per heavy atom. The molecule has 3 aromatic rings. The summed E-state index contributed by atoms with van der Waals surface area (Å²) in [7, 11) is 3.38. The van der Waals surface area contributed by atoms with E-state index in [0.29, 0.717) is 10.3 Å². The topological polar surface area (TPSA) is 69.0 Å². The van der Waals surface area contributed by atoms with E-state index in [0.717, 1.165) is 33.8 Å². The number of nitrogens with one attached hydrogen (secondary N) is 1. The van der Waals surface area contributed by atoms with Crippen molar-refractivity contribution in [3.63, 3.8) is 0 Å². The number of benzene rings is 1. The molecule has 0 aliphatic rings. The highest BCUT2D eigenvalue weighted by atomic mass is 35.5. The molecule has 0 spiro atoms. The molecule has 2 aromatic heterocycles. The number of hydrogen-bond acceptors (Lipinski definition) is 5.